The molecular formula is C18H16ClNO4S. The molecule has 0 bridgehead atoms. The van der Waals surface area contributed by atoms with Crippen LogP contribution in [0.25, 0.3) is 0 Å². The minimum absolute atomic E-state index is 0.119. The van der Waals surface area contributed by atoms with Gasteiger partial charge in [0, 0.05) is 15.7 Å². The number of anilines is 1. The van der Waals surface area contributed by atoms with Gasteiger partial charge in [0.15, 0.2) is 6.10 Å². The standard InChI is InChI=1S/C18H16ClNO4S/c19-12-5-7-13(8-6-12)25-10-9-23-17(21)11-16-18(22)20-14-3-1-2-4-15(14)24-16/h1-8,16H,9-11H2,(H,20,22)/t16-/m0/s1. The molecule has 1 atom stereocenters. The van der Waals surface area contributed by atoms with Crippen molar-refractivity contribution in [3.8, 4) is 5.75 Å². The van der Waals surface area contributed by atoms with E-state index in [9.17, 15) is 9.59 Å². The first-order valence-corrected chi connectivity index (χ1v) is 9.09. The lowest BCUT2D eigenvalue weighted by Crippen LogP contribution is -2.38. The highest BCUT2D eigenvalue weighted by Crippen LogP contribution is 2.29. The number of para-hydroxylation sites is 2. The number of rotatable bonds is 6. The fourth-order valence-electron chi connectivity index (χ4n) is 2.28. The van der Waals surface area contributed by atoms with Crippen molar-refractivity contribution in [2.24, 2.45) is 0 Å². The molecule has 1 N–H and O–H groups in total. The van der Waals surface area contributed by atoms with Gasteiger partial charge in [-0.15, -0.1) is 11.8 Å². The third-order valence-electron chi connectivity index (χ3n) is 3.49. The highest BCUT2D eigenvalue weighted by Gasteiger charge is 2.30. The van der Waals surface area contributed by atoms with E-state index in [4.69, 9.17) is 21.1 Å². The summed E-state index contributed by atoms with van der Waals surface area (Å²) in [5.41, 5.74) is 0.608. The Labute approximate surface area is 154 Å². The van der Waals surface area contributed by atoms with E-state index < -0.39 is 12.1 Å². The number of fused-ring (bicyclic) bond motifs is 1. The quantitative estimate of drug-likeness (QED) is 0.471. The average molecular weight is 378 g/mol. The topological polar surface area (TPSA) is 64.6 Å². The molecule has 0 saturated carbocycles. The van der Waals surface area contributed by atoms with Gasteiger partial charge in [-0.3, -0.25) is 9.59 Å². The fraction of sp³-hybridized carbons (Fsp3) is 0.222. The van der Waals surface area contributed by atoms with E-state index in [1.807, 2.05) is 24.3 Å². The van der Waals surface area contributed by atoms with Gasteiger partial charge < -0.3 is 14.8 Å². The summed E-state index contributed by atoms with van der Waals surface area (Å²) in [6, 6.07) is 14.5. The van der Waals surface area contributed by atoms with Crippen LogP contribution in [0, 0.1) is 0 Å². The maximum absolute atomic E-state index is 12.0. The Bertz CT molecular complexity index is 766. The lowest BCUT2D eigenvalue weighted by atomic mass is 10.1. The summed E-state index contributed by atoms with van der Waals surface area (Å²) < 4.78 is 10.8. The highest BCUT2D eigenvalue weighted by molar-refractivity contribution is 7.99. The second kappa shape index (κ2) is 8.27. The first-order chi connectivity index (χ1) is 12.1. The Balaban J connectivity index is 1.42. The van der Waals surface area contributed by atoms with Gasteiger partial charge in [0.2, 0.25) is 0 Å². The number of thioether (sulfide) groups is 1. The van der Waals surface area contributed by atoms with Gasteiger partial charge in [-0.25, -0.2) is 0 Å². The van der Waals surface area contributed by atoms with Gasteiger partial charge >= 0.3 is 5.97 Å². The Morgan fingerprint density at radius 2 is 1.96 bits per heavy atom. The molecule has 1 aliphatic heterocycles. The summed E-state index contributed by atoms with van der Waals surface area (Å²) in [5.74, 6) is 0.370. The molecule has 1 amide bonds. The van der Waals surface area contributed by atoms with E-state index in [1.54, 1.807) is 36.0 Å². The molecule has 0 saturated heterocycles. The monoisotopic (exact) mass is 377 g/mol. The zero-order valence-corrected chi connectivity index (χ0v) is 14.8. The molecule has 0 fully saturated rings. The predicted octanol–water partition coefficient (Wildman–Crippen LogP) is 3.77. The van der Waals surface area contributed by atoms with Crippen molar-refractivity contribution in [1.29, 1.82) is 0 Å². The third-order valence-corrected chi connectivity index (χ3v) is 4.72. The van der Waals surface area contributed by atoms with Gasteiger partial charge in [0.1, 0.15) is 12.4 Å². The first-order valence-electron chi connectivity index (χ1n) is 7.72. The molecule has 3 rings (SSSR count). The van der Waals surface area contributed by atoms with Crippen LogP contribution in [-0.2, 0) is 14.3 Å². The fourth-order valence-corrected chi connectivity index (χ4v) is 3.14. The molecule has 130 valence electrons. The number of carbonyl (C=O) groups excluding carboxylic acids is 2. The molecule has 1 aliphatic rings. The Kier molecular flexibility index (Phi) is 5.83. The van der Waals surface area contributed by atoms with Crippen LogP contribution >= 0.6 is 23.4 Å². The molecule has 0 spiro atoms. The molecule has 0 aliphatic carbocycles. The molecule has 5 nitrogen and oxygen atoms in total. The van der Waals surface area contributed by atoms with Crippen LogP contribution in [0.1, 0.15) is 6.42 Å². The van der Waals surface area contributed by atoms with Crippen molar-refractivity contribution >= 4 is 40.9 Å². The van der Waals surface area contributed by atoms with E-state index in [-0.39, 0.29) is 18.9 Å². The average Bonchev–Trinajstić information content (AvgIpc) is 2.61. The van der Waals surface area contributed by atoms with E-state index >= 15 is 0 Å². The maximum atomic E-state index is 12.0. The van der Waals surface area contributed by atoms with E-state index in [2.05, 4.69) is 5.32 Å². The van der Waals surface area contributed by atoms with Gasteiger partial charge in [-0.2, -0.15) is 0 Å². The van der Waals surface area contributed by atoms with Crippen molar-refractivity contribution in [3.05, 3.63) is 53.6 Å². The minimum atomic E-state index is -0.869. The molecular weight excluding hydrogens is 362 g/mol. The number of nitrogens with one attached hydrogen (secondary N) is 1. The highest BCUT2D eigenvalue weighted by atomic mass is 35.5. The molecule has 25 heavy (non-hydrogen) atoms. The summed E-state index contributed by atoms with van der Waals surface area (Å²) in [6.07, 6.45) is -0.988. The van der Waals surface area contributed by atoms with Gasteiger partial charge in [0.25, 0.3) is 5.91 Å². The van der Waals surface area contributed by atoms with Crippen molar-refractivity contribution in [2.75, 3.05) is 17.7 Å². The number of amides is 1. The lowest BCUT2D eigenvalue weighted by molar-refractivity contribution is -0.147. The lowest BCUT2D eigenvalue weighted by Gasteiger charge is -2.25. The zero-order valence-electron chi connectivity index (χ0n) is 13.2. The van der Waals surface area contributed by atoms with Gasteiger partial charge in [0.05, 0.1) is 12.1 Å². The van der Waals surface area contributed by atoms with E-state index in [0.29, 0.717) is 22.2 Å². The number of ether oxygens (including phenoxy) is 2. The molecule has 2 aromatic rings. The molecule has 2 aromatic carbocycles. The van der Waals surface area contributed by atoms with Crippen LogP contribution in [0.5, 0.6) is 5.75 Å². The number of hydrogen-bond acceptors (Lipinski definition) is 5. The van der Waals surface area contributed by atoms with Gasteiger partial charge in [-0.05, 0) is 36.4 Å². The van der Waals surface area contributed by atoms with Crippen LogP contribution in [0.15, 0.2) is 53.4 Å². The van der Waals surface area contributed by atoms with Crippen LogP contribution in [0.3, 0.4) is 0 Å². The minimum Gasteiger partial charge on any atom is -0.478 e. The smallest absolute Gasteiger partial charge is 0.310 e. The van der Waals surface area contributed by atoms with Crippen LogP contribution in [0.2, 0.25) is 5.02 Å². The largest absolute Gasteiger partial charge is 0.478 e. The van der Waals surface area contributed by atoms with E-state index in [0.717, 1.165) is 4.90 Å². The molecule has 0 unspecified atom stereocenters. The third kappa shape index (κ3) is 4.90. The molecule has 1 heterocycles. The SMILES string of the molecule is O=C(C[C@@H]1Oc2ccccc2NC1=O)OCCSc1ccc(Cl)cc1. The Morgan fingerprint density at radius 3 is 2.76 bits per heavy atom. The number of esters is 1. The first kappa shape index (κ1) is 17.6. The zero-order chi connectivity index (χ0) is 17.6. The molecule has 7 heteroatoms. The maximum Gasteiger partial charge on any atom is 0.310 e. The number of benzene rings is 2. The van der Waals surface area contributed by atoms with Crippen molar-refractivity contribution in [3.63, 3.8) is 0 Å². The predicted molar refractivity (Wildman–Crippen MR) is 97.2 cm³/mol. The summed E-state index contributed by atoms with van der Waals surface area (Å²) >= 11 is 7.39. The summed E-state index contributed by atoms with van der Waals surface area (Å²) in [4.78, 5) is 24.9. The number of hydrogen-bond donors (Lipinski definition) is 1. The Morgan fingerprint density at radius 1 is 1.20 bits per heavy atom. The van der Waals surface area contributed by atoms with Crippen molar-refractivity contribution in [1.82, 2.24) is 0 Å². The second-order valence-corrected chi connectivity index (χ2v) is 6.92. The Hall–Kier alpha value is -2.18. The van der Waals surface area contributed by atoms with Crippen LogP contribution < -0.4 is 10.1 Å². The normalized spacial score (nSPS) is 15.7. The van der Waals surface area contributed by atoms with Crippen LogP contribution in [-0.4, -0.2) is 30.3 Å². The summed E-state index contributed by atoms with van der Waals surface area (Å²) in [5, 5.41) is 3.41. The summed E-state index contributed by atoms with van der Waals surface area (Å²) in [7, 11) is 0. The van der Waals surface area contributed by atoms with Crippen LogP contribution in [0.4, 0.5) is 5.69 Å². The van der Waals surface area contributed by atoms with Gasteiger partial charge in [-0.1, -0.05) is 23.7 Å². The molecule has 0 radical (unpaired) electrons. The number of halogens is 1. The second-order valence-electron chi connectivity index (χ2n) is 5.32. The molecule has 0 aromatic heterocycles. The number of carbonyl (C=O) groups is 2. The summed E-state index contributed by atoms with van der Waals surface area (Å²) in [6.45, 7) is 0.261. The van der Waals surface area contributed by atoms with Crippen molar-refractivity contribution in [2.45, 2.75) is 17.4 Å². The van der Waals surface area contributed by atoms with Crippen molar-refractivity contribution < 1.29 is 19.1 Å². The van der Waals surface area contributed by atoms with E-state index in [1.165, 1.54) is 0 Å².